The first kappa shape index (κ1) is 17.0. The summed E-state index contributed by atoms with van der Waals surface area (Å²) < 4.78 is 21.3. The molecule has 1 heterocycles. The van der Waals surface area contributed by atoms with Gasteiger partial charge in [0, 0.05) is 19.6 Å². The molecule has 0 bridgehead atoms. The Morgan fingerprint density at radius 1 is 1.14 bits per heavy atom. The Morgan fingerprint density at radius 3 is 2.50 bits per heavy atom. The van der Waals surface area contributed by atoms with Gasteiger partial charge in [0.1, 0.15) is 18.1 Å². The minimum Gasteiger partial charge on any atom is -0.497 e. The van der Waals surface area contributed by atoms with Gasteiger partial charge in [-0.15, -0.1) is 0 Å². The third kappa shape index (κ3) is 6.19. The van der Waals surface area contributed by atoms with Crippen molar-refractivity contribution in [2.45, 2.75) is 6.10 Å². The van der Waals surface area contributed by atoms with Gasteiger partial charge in [-0.2, -0.15) is 0 Å². The van der Waals surface area contributed by atoms with Crippen LogP contribution < -0.4 is 9.47 Å². The van der Waals surface area contributed by atoms with Crippen LogP contribution in [0.2, 0.25) is 0 Å². The van der Waals surface area contributed by atoms with Gasteiger partial charge in [-0.05, 0) is 24.3 Å². The number of β-amino-alcohol motifs (C(OH)–C–C–N with tert-alkyl or cyclic N) is 1. The smallest absolute Gasteiger partial charge is 0.119 e. The van der Waals surface area contributed by atoms with Gasteiger partial charge in [-0.25, -0.2) is 0 Å². The summed E-state index contributed by atoms with van der Waals surface area (Å²) in [5.41, 5.74) is 0. The monoisotopic (exact) mass is 311 g/mol. The van der Waals surface area contributed by atoms with E-state index in [1.807, 2.05) is 24.3 Å². The Kier molecular flexibility index (Phi) is 7.45. The van der Waals surface area contributed by atoms with E-state index in [1.54, 1.807) is 7.11 Å². The van der Waals surface area contributed by atoms with Crippen molar-refractivity contribution in [1.82, 2.24) is 4.90 Å². The largest absolute Gasteiger partial charge is 0.497 e. The Balaban J connectivity index is 1.52. The van der Waals surface area contributed by atoms with Crippen molar-refractivity contribution in [3.8, 4) is 11.5 Å². The summed E-state index contributed by atoms with van der Waals surface area (Å²) in [6, 6.07) is 7.41. The van der Waals surface area contributed by atoms with E-state index in [9.17, 15) is 5.11 Å². The van der Waals surface area contributed by atoms with E-state index in [-0.39, 0.29) is 0 Å². The quantitative estimate of drug-likeness (QED) is 0.680. The maximum atomic E-state index is 9.91. The van der Waals surface area contributed by atoms with Gasteiger partial charge >= 0.3 is 0 Å². The second-order valence-corrected chi connectivity index (χ2v) is 5.17. The molecule has 6 nitrogen and oxygen atoms in total. The minimum atomic E-state index is -0.473. The number of ether oxygens (including phenoxy) is 4. The first-order valence-electron chi connectivity index (χ1n) is 7.60. The normalized spacial score (nSPS) is 17.2. The van der Waals surface area contributed by atoms with Crippen LogP contribution in [-0.2, 0) is 9.47 Å². The van der Waals surface area contributed by atoms with E-state index in [4.69, 9.17) is 18.9 Å². The van der Waals surface area contributed by atoms with Crippen LogP contribution in [0.1, 0.15) is 0 Å². The van der Waals surface area contributed by atoms with E-state index < -0.39 is 6.10 Å². The fourth-order valence-corrected chi connectivity index (χ4v) is 2.24. The summed E-state index contributed by atoms with van der Waals surface area (Å²) in [6.07, 6.45) is -0.473. The predicted octanol–water partition coefficient (Wildman–Crippen LogP) is 0.784. The van der Waals surface area contributed by atoms with Gasteiger partial charge in [0.15, 0.2) is 0 Å². The van der Waals surface area contributed by atoms with Crippen molar-refractivity contribution in [2.75, 3.05) is 59.8 Å². The van der Waals surface area contributed by atoms with Crippen molar-refractivity contribution >= 4 is 0 Å². The highest BCUT2D eigenvalue weighted by Crippen LogP contribution is 2.16. The molecule has 6 heteroatoms. The lowest BCUT2D eigenvalue weighted by molar-refractivity contribution is -0.0178. The number of methoxy groups -OCH3 is 1. The number of morpholine rings is 1. The third-order valence-electron chi connectivity index (χ3n) is 3.44. The highest BCUT2D eigenvalue weighted by molar-refractivity contribution is 5.31. The number of benzene rings is 1. The second kappa shape index (κ2) is 9.63. The topological polar surface area (TPSA) is 60.4 Å². The summed E-state index contributed by atoms with van der Waals surface area (Å²) >= 11 is 0. The van der Waals surface area contributed by atoms with Gasteiger partial charge in [0.2, 0.25) is 0 Å². The molecule has 22 heavy (non-hydrogen) atoms. The van der Waals surface area contributed by atoms with Gasteiger partial charge < -0.3 is 24.1 Å². The molecule has 0 unspecified atom stereocenters. The maximum Gasteiger partial charge on any atom is 0.119 e. The number of rotatable bonds is 9. The molecule has 0 aromatic heterocycles. The van der Waals surface area contributed by atoms with Gasteiger partial charge in [0.05, 0.1) is 39.6 Å². The molecule has 1 aliphatic rings. The Hall–Kier alpha value is -1.34. The Labute approximate surface area is 131 Å². The molecule has 0 saturated carbocycles. The zero-order valence-corrected chi connectivity index (χ0v) is 13.1. The Morgan fingerprint density at radius 2 is 1.82 bits per heavy atom. The van der Waals surface area contributed by atoms with Crippen molar-refractivity contribution in [3.05, 3.63) is 24.3 Å². The molecule has 0 radical (unpaired) electrons. The van der Waals surface area contributed by atoms with Gasteiger partial charge in [-0.1, -0.05) is 0 Å². The SMILES string of the molecule is COc1ccc(OCCOC[C@@H](O)CN2CCOCC2)cc1. The molecule has 2 rings (SSSR count). The highest BCUT2D eigenvalue weighted by Gasteiger charge is 2.14. The fourth-order valence-electron chi connectivity index (χ4n) is 2.24. The molecule has 124 valence electrons. The van der Waals surface area contributed by atoms with Gasteiger partial charge in [-0.3, -0.25) is 4.90 Å². The van der Waals surface area contributed by atoms with Crippen LogP contribution in [0.5, 0.6) is 11.5 Å². The maximum absolute atomic E-state index is 9.91. The molecule has 0 amide bonds. The fraction of sp³-hybridized carbons (Fsp3) is 0.625. The number of hydrogen-bond acceptors (Lipinski definition) is 6. The van der Waals surface area contributed by atoms with E-state index in [0.717, 1.165) is 37.8 Å². The van der Waals surface area contributed by atoms with Crippen LogP contribution in [0.3, 0.4) is 0 Å². The molecule has 1 aliphatic heterocycles. The lowest BCUT2D eigenvalue weighted by Crippen LogP contribution is -2.42. The summed E-state index contributed by atoms with van der Waals surface area (Å²) in [5, 5.41) is 9.91. The molecule has 0 aliphatic carbocycles. The minimum absolute atomic E-state index is 0.323. The van der Waals surface area contributed by atoms with Crippen molar-refractivity contribution in [3.63, 3.8) is 0 Å². The summed E-state index contributed by atoms with van der Waals surface area (Å²) in [7, 11) is 1.63. The van der Waals surface area contributed by atoms with Crippen LogP contribution in [0, 0.1) is 0 Å². The molecule has 1 N–H and O–H groups in total. The molecule has 1 atom stereocenters. The average molecular weight is 311 g/mol. The standard InChI is InChI=1S/C16H25NO5/c1-19-15-2-4-16(5-3-15)22-11-10-21-13-14(18)12-17-6-8-20-9-7-17/h2-5,14,18H,6-13H2,1H3/t14-/m0/s1. The number of aliphatic hydroxyl groups is 1. The van der Waals surface area contributed by atoms with Gasteiger partial charge in [0.25, 0.3) is 0 Å². The molecule has 1 saturated heterocycles. The zero-order chi connectivity index (χ0) is 15.6. The van der Waals surface area contributed by atoms with E-state index in [1.165, 1.54) is 0 Å². The zero-order valence-electron chi connectivity index (χ0n) is 13.1. The average Bonchev–Trinajstić information content (AvgIpc) is 2.56. The summed E-state index contributed by atoms with van der Waals surface area (Å²) in [6.45, 7) is 5.08. The first-order chi connectivity index (χ1) is 10.8. The van der Waals surface area contributed by atoms with Crippen LogP contribution in [0.4, 0.5) is 0 Å². The molecular weight excluding hydrogens is 286 g/mol. The number of hydrogen-bond donors (Lipinski definition) is 1. The van der Waals surface area contributed by atoms with Crippen LogP contribution in [0.15, 0.2) is 24.3 Å². The summed E-state index contributed by atoms with van der Waals surface area (Å²) in [4.78, 5) is 2.19. The second-order valence-electron chi connectivity index (χ2n) is 5.17. The number of aliphatic hydroxyl groups excluding tert-OH is 1. The molecule has 0 spiro atoms. The van der Waals surface area contributed by atoms with E-state index in [0.29, 0.717) is 26.4 Å². The van der Waals surface area contributed by atoms with E-state index >= 15 is 0 Å². The van der Waals surface area contributed by atoms with Crippen molar-refractivity contribution in [1.29, 1.82) is 0 Å². The van der Waals surface area contributed by atoms with E-state index in [2.05, 4.69) is 4.90 Å². The molecule has 1 fully saturated rings. The lowest BCUT2D eigenvalue weighted by Gasteiger charge is -2.28. The molecule has 1 aromatic carbocycles. The Bertz CT molecular complexity index is 406. The predicted molar refractivity (Wildman–Crippen MR) is 82.6 cm³/mol. The van der Waals surface area contributed by atoms with Crippen LogP contribution in [-0.4, -0.2) is 75.9 Å². The first-order valence-corrected chi connectivity index (χ1v) is 7.60. The summed E-state index contributed by atoms with van der Waals surface area (Å²) in [5.74, 6) is 1.58. The van der Waals surface area contributed by atoms with Crippen LogP contribution in [0.25, 0.3) is 0 Å². The van der Waals surface area contributed by atoms with Crippen molar-refractivity contribution < 1.29 is 24.1 Å². The highest BCUT2D eigenvalue weighted by atomic mass is 16.5. The molecular formula is C16H25NO5. The number of nitrogens with zero attached hydrogens (tertiary/aromatic N) is 1. The lowest BCUT2D eigenvalue weighted by atomic mass is 10.3. The molecule has 1 aromatic rings. The third-order valence-corrected chi connectivity index (χ3v) is 3.44. The van der Waals surface area contributed by atoms with Crippen LogP contribution >= 0.6 is 0 Å². The van der Waals surface area contributed by atoms with Crippen molar-refractivity contribution in [2.24, 2.45) is 0 Å².